The Morgan fingerprint density at radius 2 is 1.70 bits per heavy atom. The first-order chi connectivity index (χ1) is 17.8. The fourth-order valence-electron chi connectivity index (χ4n) is 3.98. The number of rotatable bonds is 5. The van der Waals surface area contributed by atoms with E-state index >= 15 is 0 Å². The summed E-state index contributed by atoms with van der Waals surface area (Å²) in [5.74, 6) is 0.554. The molecule has 0 bridgehead atoms. The van der Waals surface area contributed by atoms with Gasteiger partial charge in [-0.3, -0.25) is 4.99 Å². The van der Waals surface area contributed by atoms with E-state index in [1.807, 2.05) is 19.9 Å². The van der Waals surface area contributed by atoms with Crippen molar-refractivity contribution in [3.05, 3.63) is 77.0 Å². The van der Waals surface area contributed by atoms with E-state index in [9.17, 15) is 13.2 Å². The number of aryl methyl sites for hydroxylation is 1. The number of hydrogen-bond acceptors (Lipinski definition) is 5. The standard InChI is InChI=1S/C16H20F3N5.C10H15N.C2H6/c1-20-14-8-12(13-9-21-6-7-22-13)23-15(24-14)10-4-2-3-5-11(10)16(17,18)19;1-3-8-11-10-7-5-4-6-9(10)2;1-2/h2-5,8,13,15,21-23H,6-7,9H2,1H3,(H,20,24);4-7,11H,3,8H2,1-2H3;1-2H3. The van der Waals surface area contributed by atoms with Gasteiger partial charge in [-0.25, -0.2) is 0 Å². The Labute approximate surface area is 219 Å². The van der Waals surface area contributed by atoms with Gasteiger partial charge in [0.1, 0.15) is 12.0 Å². The van der Waals surface area contributed by atoms with Crippen LogP contribution in [0.1, 0.15) is 50.0 Å². The summed E-state index contributed by atoms with van der Waals surface area (Å²) in [6.45, 7) is 11.7. The summed E-state index contributed by atoms with van der Waals surface area (Å²) >= 11 is 0. The summed E-state index contributed by atoms with van der Waals surface area (Å²) in [5, 5.41) is 16.2. The highest BCUT2D eigenvalue weighted by molar-refractivity contribution is 5.94. The summed E-state index contributed by atoms with van der Waals surface area (Å²) in [6, 6.07) is 14.0. The van der Waals surface area contributed by atoms with Crippen molar-refractivity contribution in [2.24, 2.45) is 4.99 Å². The molecule has 9 heteroatoms. The molecule has 2 aromatic rings. The van der Waals surface area contributed by atoms with Crippen LogP contribution in [0.4, 0.5) is 18.9 Å². The topological polar surface area (TPSA) is 72.5 Å². The van der Waals surface area contributed by atoms with Crippen molar-refractivity contribution in [2.45, 2.75) is 52.5 Å². The fourth-order valence-corrected chi connectivity index (χ4v) is 3.98. The molecule has 2 aliphatic rings. The minimum Gasteiger partial charge on any atom is -0.385 e. The summed E-state index contributed by atoms with van der Waals surface area (Å²) in [6.07, 6.45) is -2.09. The number of benzene rings is 2. The van der Waals surface area contributed by atoms with E-state index in [4.69, 9.17) is 0 Å². The molecule has 4 rings (SSSR count). The molecule has 2 atom stereocenters. The van der Waals surface area contributed by atoms with Crippen LogP contribution in [-0.2, 0) is 6.18 Å². The number of nitrogens with one attached hydrogen (secondary N) is 5. The molecule has 2 aliphatic heterocycles. The maximum atomic E-state index is 13.3. The molecule has 1 saturated heterocycles. The van der Waals surface area contributed by atoms with Crippen LogP contribution in [0.3, 0.4) is 0 Å². The zero-order valence-electron chi connectivity index (χ0n) is 22.5. The molecule has 0 aliphatic carbocycles. The first-order valence-corrected chi connectivity index (χ1v) is 12.9. The van der Waals surface area contributed by atoms with Crippen LogP contribution in [0, 0.1) is 6.92 Å². The Hall–Kier alpha value is -3.04. The average molecular weight is 519 g/mol. The molecule has 1 fully saturated rings. The van der Waals surface area contributed by atoms with Gasteiger partial charge in [0.2, 0.25) is 0 Å². The SMILES string of the molecule is CC.CCCNc1ccccc1C.CN=C1C=C(C2CNCCN2)NC(c2ccccc2C(F)(F)F)N1. The summed E-state index contributed by atoms with van der Waals surface area (Å²) in [7, 11) is 1.61. The Kier molecular flexibility index (Phi) is 12.5. The van der Waals surface area contributed by atoms with Gasteiger partial charge >= 0.3 is 6.18 Å². The Balaban J connectivity index is 0.000000311. The number of amidine groups is 1. The molecule has 0 aromatic heterocycles. The van der Waals surface area contributed by atoms with E-state index in [1.165, 1.54) is 29.8 Å². The summed E-state index contributed by atoms with van der Waals surface area (Å²) < 4.78 is 39.9. The third-order valence-corrected chi connectivity index (χ3v) is 5.84. The van der Waals surface area contributed by atoms with Gasteiger partial charge in [-0.1, -0.05) is 57.2 Å². The number of halogens is 3. The maximum absolute atomic E-state index is 13.3. The maximum Gasteiger partial charge on any atom is 0.416 e. The van der Waals surface area contributed by atoms with Gasteiger partial charge in [-0.2, -0.15) is 13.2 Å². The number of nitrogens with zero attached hydrogens (tertiary/aromatic N) is 1. The predicted octanol–water partition coefficient (Wildman–Crippen LogP) is 5.21. The average Bonchev–Trinajstić information content (AvgIpc) is 2.94. The van der Waals surface area contributed by atoms with Crippen LogP contribution in [0.25, 0.3) is 0 Å². The summed E-state index contributed by atoms with van der Waals surface area (Å²) in [5.41, 5.74) is 2.90. The molecule has 0 amide bonds. The van der Waals surface area contributed by atoms with E-state index in [0.29, 0.717) is 12.4 Å². The minimum absolute atomic E-state index is 0.0122. The monoisotopic (exact) mass is 518 g/mol. The fraction of sp³-hybridized carbons (Fsp3) is 0.464. The highest BCUT2D eigenvalue weighted by Gasteiger charge is 2.36. The number of hydrogen-bond donors (Lipinski definition) is 5. The van der Waals surface area contributed by atoms with Crippen molar-refractivity contribution >= 4 is 11.5 Å². The molecule has 2 unspecified atom stereocenters. The first kappa shape index (κ1) is 30.2. The van der Waals surface area contributed by atoms with Crippen LogP contribution in [0.15, 0.2) is 65.3 Å². The molecule has 0 spiro atoms. The molecule has 0 saturated carbocycles. The Bertz CT molecular complexity index is 1010. The third-order valence-electron chi connectivity index (χ3n) is 5.84. The lowest BCUT2D eigenvalue weighted by Crippen LogP contribution is -2.54. The third kappa shape index (κ3) is 9.09. The second-order valence-electron chi connectivity index (χ2n) is 8.47. The predicted molar refractivity (Wildman–Crippen MR) is 148 cm³/mol. The first-order valence-electron chi connectivity index (χ1n) is 12.9. The van der Waals surface area contributed by atoms with Crippen molar-refractivity contribution in [1.29, 1.82) is 0 Å². The van der Waals surface area contributed by atoms with Crippen molar-refractivity contribution in [1.82, 2.24) is 21.3 Å². The van der Waals surface area contributed by atoms with Crippen molar-refractivity contribution < 1.29 is 13.2 Å². The van der Waals surface area contributed by atoms with Gasteiger partial charge < -0.3 is 26.6 Å². The van der Waals surface area contributed by atoms with Crippen molar-refractivity contribution in [3.8, 4) is 0 Å². The second-order valence-corrected chi connectivity index (χ2v) is 8.47. The largest absolute Gasteiger partial charge is 0.416 e. The lowest BCUT2D eigenvalue weighted by molar-refractivity contribution is -0.138. The molecule has 2 heterocycles. The van der Waals surface area contributed by atoms with E-state index in [1.54, 1.807) is 13.1 Å². The van der Waals surface area contributed by atoms with E-state index in [-0.39, 0.29) is 11.6 Å². The molecule has 37 heavy (non-hydrogen) atoms. The van der Waals surface area contributed by atoms with Crippen LogP contribution >= 0.6 is 0 Å². The molecule has 0 radical (unpaired) electrons. The van der Waals surface area contributed by atoms with Gasteiger partial charge in [-0.15, -0.1) is 0 Å². The second kappa shape index (κ2) is 15.3. The van der Waals surface area contributed by atoms with Gasteiger partial charge in [0.05, 0.1) is 11.6 Å². The van der Waals surface area contributed by atoms with E-state index in [2.05, 4.69) is 69.7 Å². The smallest absolute Gasteiger partial charge is 0.385 e. The van der Waals surface area contributed by atoms with Gasteiger partial charge in [0.15, 0.2) is 0 Å². The van der Waals surface area contributed by atoms with Gasteiger partial charge in [0, 0.05) is 56.3 Å². The molecule has 5 N–H and O–H groups in total. The molecule has 204 valence electrons. The highest BCUT2D eigenvalue weighted by atomic mass is 19.4. The molecular formula is C28H41F3N6. The number of piperazine rings is 1. The number of anilines is 1. The molecule has 6 nitrogen and oxygen atoms in total. The van der Waals surface area contributed by atoms with Crippen LogP contribution in [0.5, 0.6) is 0 Å². The highest BCUT2D eigenvalue weighted by Crippen LogP contribution is 2.34. The quantitative estimate of drug-likeness (QED) is 0.376. The lowest BCUT2D eigenvalue weighted by Gasteiger charge is -2.35. The van der Waals surface area contributed by atoms with Crippen molar-refractivity contribution in [2.75, 3.05) is 38.5 Å². The number of para-hydroxylation sites is 1. The lowest BCUT2D eigenvalue weighted by atomic mass is 10.0. The summed E-state index contributed by atoms with van der Waals surface area (Å²) in [4.78, 5) is 4.12. The zero-order valence-corrected chi connectivity index (χ0v) is 22.5. The Morgan fingerprint density at radius 3 is 2.32 bits per heavy atom. The van der Waals surface area contributed by atoms with E-state index in [0.717, 1.165) is 31.4 Å². The minimum atomic E-state index is -4.41. The zero-order chi connectivity index (χ0) is 27.3. The normalized spacial score (nSPS) is 20.2. The van der Waals surface area contributed by atoms with Gasteiger partial charge in [0.25, 0.3) is 0 Å². The Morgan fingerprint density at radius 1 is 1.00 bits per heavy atom. The van der Waals surface area contributed by atoms with Crippen LogP contribution in [0.2, 0.25) is 0 Å². The van der Waals surface area contributed by atoms with Crippen molar-refractivity contribution in [3.63, 3.8) is 0 Å². The van der Waals surface area contributed by atoms with Crippen LogP contribution in [-0.4, -0.2) is 45.1 Å². The molecular weight excluding hydrogens is 477 g/mol. The van der Waals surface area contributed by atoms with E-state index < -0.39 is 17.9 Å². The number of alkyl halides is 3. The van der Waals surface area contributed by atoms with Crippen LogP contribution < -0.4 is 26.6 Å². The molecule has 2 aromatic carbocycles. The van der Waals surface area contributed by atoms with Gasteiger partial charge in [-0.05, 0) is 31.0 Å². The number of aliphatic imine (C=N–C) groups is 1.